The molecule has 2 aliphatic heterocycles. The van der Waals surface area contributed by atoms with Crippen molar-refractivity contribution in [1.82, 2.24) is 20.0 Å². The molecule has 0 spiro atoms. The number of urea groups is 1. The van der Waals surface area contributed by atoms with Crippen molar-refractivity contribution in [2.45, 2.75) is 38.3 Å². The number of hydrogen-bond acceptors (Lipinski definition) is 4. The van der Waals surface area contributed by atoms with Crippen LogP contribution in [0.1, 0.15) is 26.7 Å². The van der Waals surface area contributed by atoms with Gasteiger partial charge in [0.25, 0.3) is 0 Å². The fourth-order valence-corrected chi connectivity index (χ4v) is 3.22. The van der Waals surface area contributed by atoms with E-state index in [0.717, 1.165) is 58.7 Å². The Bertz CT molecular complexity index is 344. The first-order valence-electron chi connectivity index (χ1n) is 8.10. The number of amides is 2. The van der Waals surface area contributed by atoms with E-state index < -0.39 is 0 Å². The van der Waals surface area contributed by atoms with Gasteiger partial charge in [-0.3, -0.25) is 4.90 Å². The van der Waals surface area contributed by atoms with E-state index >= 15 is 0 Å². The number of rotatable bonds is 4. The summed E-state index contributed by atoms with van der Waals surface area (Å²) in [5, 5.41) is 3.70. The van der Waals surface area contributed by atoms with Crippen LogP contribution in [0.2, 0.25) is 0 Å². The van der Waals surface area contributed by atoms with Crippen molar-refractivity contribution < 1.29 is 4.79 Å². The van der Waals surface area contributed by atoms with Gasteiger partial charge in [0.15, 0.2) is 0 Å². The topological polar surface area (TPSA) is 64.8 Å². The summed E-state index contributed by atoms with van der Waals surface area (Å²) >= 11 is 0. The van der Waals surface area contributed by atoms with Crippen molar-refractivity contribution in [3.8, 4) is 0 Å². The Labute approximate surface area is 128 Å². The van der Waals surface area contributed by atoms with Crippen LogP contribution < -0.4 is 11.1 Å². The molecule has 0 aromatic heterocycles. The first-order chi connectivity index (χ1) is 9.88. The number of likely N-dealkylation sites (tertiary alicyclic amines) is 1. The van der Waals surface area contributed by atoms with E-state index in [0.29, 0.717) is 6.04 Å². The second-order valence-electron chi connectivity index (χ2n) is 7.08. The smallest absolute Gasteiger partial charge is 0.314 e. The van der Waals surface area contributed by atoms with Crippen LogP contribution in [0.3, 0.4) is 0 Å². The summed E-state index contributed by atoms with van der Waals surface area (Å²) in [6.07, 6.45) is 2.00. The molecule has 6 nitrogen and oxygen atoms in total. The molecule has 122 valence electrons. The highest BCUT2D eigenvalue weighted by Crippen LogP contribution is 2.17. The van der Waals surface area contributed by atoms with Gasteiger partial charge in [-0.25, -0.2) is 4.79 Å². The second kappa shape index (κ2) is 6.94. The molecule has 2 rings (SSSR count). The number of piperazine rings is 1. The lowest BCUT2D eigenvalue weighted by molar-refractivity contribution is 0.0584. The third-order valence-electron chi connectivity index (χ3n) is 4.99. The SMILES string of the molecule is CN1CCN(C(C)(C)CNC2CCN(C(N)=O)CC2)CC1. The van der Waals surface area contributed by atoms with E-state index in [-0.39, 0.29) is 11.6 Å². The number of piperidine rings is 1. The molecule has 2 heterocycles. The lowest BCUT2D eigenvalue weighted by atomic mass is 9.99. The third kappa shape index (κ3) is 4.56. The van der Waals surface area contributed by atoms with Gasteiger partial charge in [0, 0.05) is 57.4 Å². The zero-order valence-electron chi connectivity index (χ0n) is 13.8. The van der Waals surface area contributed by atoms with Crippen LogP contribution in [0.5, 0.6) is 0 Å². The van der Waals surface area contributed by atoms with Crippen molar-refractivity contribution in [2.75, 3.05) is 52.9 Å². The monoisotopic (exact) mass is 297 g/mol. The molecule has 0 aromatic carbocycles. The minimum absolute atomic E-state index is 0.183. The molecule has 0 saturated carbocycles. The minimum atomic E-state index is -0.286. The largest absolute Gasteiger partial charge is 0.351 e. The summed E-state index contributed by atoms with van der Waals surface area (Å²) in [5.74, 6) is 0. The van der Waals surface area contributed by atoms with Gasteiger partial charge in [0.05, 0.1) is 0 Å². The Hall–Kier alpha value is -0.850. The molecule has 6 heteroatoms. The summed E-state index contributed by atoms with van der Waals surface area (Å²) in [6, 6.07) is 0.221. The number of nitrogens with two attached hydrogens (primary N) is 1. The maximum absolute atomic E-state index is 11.1. The number of hydrogen-bond donors (Lipinski definition) is 2. The summed E-state index contributed by atoms with van der Waals surface area (Å²) in [6.45, 7) is 11.8. The molecule has 21 heavy (non-hydrogen) atoms. The molecule has 2 saturated heterocycles. The Kier molecular flexibility index (Phi) is 5.46. The zero-order chi connectivity index (χ0) is 15.5. The molecule has 0 aliphatic carbocycles. The molecule has 0 aromatic rings. The first-order valence-corrected chi connectivity index (χ1v) is 8.10. The van der Waals surface area contributed by atoms with Gasteiger partial charge in [-0.1, -0.05) is 0 Å². The molecule has 0 unspecified atom stereocenters. The Morgan fingerprint density at radius 1 is 1.14 bits per heavy atom. The van der Waals surface area contributed by atoms with Crippen molar-refractivity contribution >= 4 is 6.03 Å². The van der Waals surface area contributed by atoms with E-state index in [9.17, 15) is 4.79 Å². The van der Waals surface area contributed by atoms with Crippen LogP contribution in [-0.2, 0) is 0 Å². The molecule has 0 bridgehead atoms. The Balaban J connectivity index is 1.73. The van der Waals surface area contributed by atoms with Gasteiger partial charge in [-0.15, -0.1) is 0 Å². The average Bonchev–Trinajstić information content (AvgIpc) is 2.46. The fourth-order valence-electron chi connectivity index (χ4n) is 3.22. The summed E-state index contributed by atoms with van der Waals surface area (Å²) in [7, 11) is 2.19. The number of nitrogens with one attached hydrogen (secondary N) is 1. The number of carbonyl (C=O) groups excluding carboxylic acids is 1. The number of nitrogens with zero attached hydrogens (tertiary/aromatic N) is 3. The lowest BCUT2D eigenvalue weighted by Gasteiger charge is -2.44. The minimum Gasteiger partial charge on any atom is -0.351 e. The number of carbonyl (C=O) groups is 1. The zero-order valence-corrected chi connectivity index (χ0v) is 13.8. The van der Waals surface area contributed by atoms with Gasteiger partial charge in [-0.05, 0) is 33.7 Å². The van der Waals surface area contributed by atoms with Crippen LogP contribution >= 0.6 is 0 Å². The third-order valence-corrected chi connectivity index (χ3v) is 4.99. The molecule has 2 fully saturated rings. The quantitative estimate of drug-likeness (QED) is 0.775. The number of likely N-dealkylation sites (N-methyl/N-ethyl adjacent to an activating group) is 1. The molecule has 2 aliphatic rings. The van der Waals surface area contributed by atoms with E-state index in [4.69, 9.17) is 5.73 Å². The van der Waals surface area contributed by atoms with Crippen molar-refractivity contribution in [3.63, 3.8) is 0 Å². The molecule has 2 amide bonds. The highest BCUT2D eigenvalue weighted by molar-refractivity contribution is 5.72. The predicted molar refractivity (Wildman–Crippen MR) is 85.3 cm³/mol. The lowest BCUT2D eigenvalue weighted by Crippen LogP contribution is -2.58. The summed E-state index contributed by atoms with van der Waals surface area (Å²) in [5.41, 5.74) is 5.50. The van der Waals surface area contributed by atoms with E-state index in [1.165, 1.54) is 0 Å². The van der Waals surface area contributed by atoms with Crippen LogP contribution in [0.15, 0.2) is 0 Å². The average molecular weight is 297 g/mol. The van der Waals surface area contributed by atoms with Gasteiger partial charge >= 0.3 is 6.03 Å². The van der Waals surface area contributed by atoms with Gasteiger partial charge < -0.3 is 20.9 Å². The standard InChI is InChI=1S/C15H31N5O/c1-15(2,20-10-8-18(3)9-11-20)12-17-13-4-6-19(7-5-13)14(16)21/h13,17H,4-12H2,1-3H3,(H2,16,21). The fraction of sp³-hybridized carbons (Fsp3) is 0.933. The first kappa shape index (κ1) is 16.5. The Morgan fingerprint density at radius 3 is 2.24 bits per heavy atom. The van der Waals surface area contributed by atoms with Gasteiger partial charge in [-0.2, -0.15) is 0 Å². The van der Waals surface area contributed by atoms with Crippen molar-refractivity contribution in [3.05, 3.63) is 0 Å². The second-order valence-corrected chi connectivity index (χ2v) is 7.08. The van der Waals surface area contributed by atoms with Crippen molar-refractivity contribution in [2.24, 2.45) is 5.73 Å². The van der Waals surface area contributed by atoms with Crippen LogP contribution in [-0.4, -0.2) is 85.2 Å². The highest BCUT2D eigenvalue weighted by atomic mass is 16.2. The molecular weight excluding hydrogens is 266 g/mol. The predicted octanol–water partition coefficient (Wildman–Crippen LogP) is 0.145. The van der Waals surface area contributed by atoms with Crippen molar-refractivity contribution in [1.29, 1.82) is 0 Å². The molecular formula is C15H31N5O. The van der Waals surface area contributed by atoms with Crippen LogP contribution in [0.4, 0.5) is 4.79 Å². The molecule has 0 atom stereocenters. The Morgan fingerprint density at radius 2 is 1.71 bits per heavy atom. The van der Waals surface area contributed by atoms with E-state index in [1.54, 1.807) is 4.90 Å². The highest BCUT2D eigenvalue weighted by Gasteiger charge is 2.30. The maximum Gasteiger partial charge on any atom is 0.314 e. The van der Waals surface area contributed by atoms with Crippen LogP contribution in [0, 0.1) is 0 Å². The maximum atomic E-state index is 11.1. The normalized spacial score (nSPS) is 23.5. The van der Waals surface area contributed by atoms with Gasteiger partial charge in [0.2, 0.25) is 0 Å². The van der Waals surface area contributed by atoms with Crippen LogP contribution in [0.25, 0.3) is 0 Å². The van der Waals surface area contributed by atoms with Gasteiger partial charge in [0.1, 0.15) is 0 Å². The molecule has 3 N–H and O–H groups in total. The van der Waals surface area contributed by atoms with E-state index in [2.05, 4.69) is 36.0 Å². The molecule has 0 radical (unpaired) electrons. The summed E-state index contributed by atoms with van der Waals surface area (Å²) in [4.78, 5) is 17.8. The number of primary amides is 1. The van der Waals surface area contributed by atoms with E-state index in [1.807, 2.05) is 0 Å². The summed E-state index contributed by atoms with van der Waals surface area (Å²) < 4.78 is 0.